The van der Waals surface area contributed by atoms with Crippen LogP contribution in [0.5, 0.6) is 0 Å². The topological polar surface area (TPSA) is 54.5 Å². The summed E-state index contributed by atoms with van der Waals surface area (Å²) in [6, 6.07) is 0.287. The van der Waals surface area contributed by atoms with Gasteiger partial charge in [0.25, 0.3) is 0 Å². The molecule has 1 heterocycles. The maximum atomic E-state index is 12.0. The molecule has 0 aliphatic carbocycles. The molecule has 0 saturated carbocycles. The van der Waals surface area contributed by atoms with Crippen LogP contribution in [0.25, 0.3) is 0 Å². The Bertz CT molecular complexity index is 379. The van der Waals surface area contributed by atoms with Crippen molar-refractivity contribution in [2.24, 2.45) is 0 Å². The van der Waals surface area contributed by atoms with Gasteiger partial charge in [0.2, 0.25) is 5.91 Å². The highest BCUT2D eigenvalue weighted by Gasteiger charge is 2.30. The van der Waals surface area contributed by atoms with Gasteiger partial charge < -0.3 is 4.90 Å². The average Bonchev–Trinajstić information content (AvgIpc) is 2.15. The van der Waals surface area contributed by atoms with Gasteiger partial charge in [-0.3, -0.25) is 4.79 Å². The smallest absolute Gasteiger partial charge is 0.238 e. The molecule has 1 amide bonds. The van der Waals surface area contributed by atoms with Crippen molar-refractivity contribution in [1.29, 1.82) is 0 Å². The first kappa shape index (κ1) is 14.2. The van der Waals surface area contributed by atoms with E-state index in [4.69, 9.17) is 0 Å². The number of hydrogen-bond donors (Lipinski definition) is 0. The second-order valence-electron chi connectivity index (χ2n) is 4.77. The molecule has 0 spiro atoms. The van der Waals surface area contributed by atoms with Crippen molar-refractivity contribution in [2.75, 3.05) is 11.5 Å². The molecule has 0 aromatic carbocycles. The molecule has 0 aromatic rings. The van der Waals surface area contributed by atoms with E-state index < -0.39 is 15.6 Å². The predicted octanol–water partition coefficient (Wildman–Crippen LogP) is 1.38. The lowest BCUT2D eigenvalue weighted by atomic mass is 9.98. The van der Waals surface area contributed by atoms with E-state index in [1.54, 1.807) is 4.90 Å². The van der Waals surface area contributed by atoms with Crippen molar-refractivity contribution >= 4 is 15.7 Å². The van der Waals surface area contributed by atoms with Gasteiger partial charge in [-0.1, -0.05) is 6.08 Å². The summed E-state index contributed by atoms with van der Waals surface area (Å²) in [5.74, 6) is -0.796. The maximum Gasteiger partial charge on any atom is 0.238 e. The Morgan fingerprint density at radius 1 is 1.35 bits per heavy atom. The molecule has 0 N–H and O–H groups in total. The number of hydrogen-bond acceptors (Lipinski definition) is 3. The minimum absolute atomic E-state index is 0.130. The highest BCUT2D eigenvalue weighted by molar-refractivity contribution is 7.92. The van der Waals surface area contributed by atoms with E-state index in [-0.39, 0.29) is 23.7 Å². The zero-order chi connectivity index (χ0) is 13.1. The van der Waals surface area contributed by atoms with E-state index in [2.05, 4.69) is 6.58 Å². The highest BCUT2D eigenvalue weighted by Crippen LogP contribution is 2.22. The quantitative estimate of drug-likeness (QED) is 0.717. The normalized spacial score (nSPS) is 25.6. The lowest BCUT2D eigenvalue weighted by molar-refractivity contribution is -0.134. The van der Waals surface area contributed by atoms with Crippen molar-refractivity contribution in [3.63, 3.8) is 0 Å². The number of sulfone groups is 1. The van der Waals surface area contributed by atoms with Crippen LogP contribution >= 0.6 is 0 Å². The first-order valence-electron chi connectivity index (χ1n) is 6.00. The van der Waals surface area contributed by atoms with Crippen LogP contribution in [-0.2, 0) is 14.6 Å². The highest BCUT2D eigenvalue weighted by atomic mass is 32.2. The third-order valence-electron chi connectivity index (χ3n) is 3.20. The van der Waals surface area contributed by atoms with Crippen molar-refractivity contribution in [3.8, 4) is 0 Å². The fraction of sp³-hybridized carbons (Fsp3) is 0.750. The van der Waals surface area contributed by atoms with Crippen LogP contribution in [0.2, 0.25) is 0 Å². The maximum absolute atomic E-state index is 12.0. The summed E-state index contributed by atoms with van der Waals surface area (Å²) in [5, 5.41) is 0. The molecule has 1 aliphatic heterocycles. The molecule has 2 atom stereocenters. The molecule has 1 aliphatic rings. The third kappa shape index (κ3) is 3.84. The number of piperidine rings is 1. The van der Waals surface area contributed by atoms with Gasteiger partial charge in [0.1, 0.15) is 5.75 Å². The minimum Gasteiger partial charge on any atom is -0.336 e. The van der Waals surface area contributed by atoms with E-state index >= 15 is 0 Å². The fourth-order valence-electron chi connectivity index (χ4n) is 2.41. The summed E-state index contributed by atoms with van der Waals surface area (Å²) in [6.45, 7) is 7.35. The molecule has 0 radical (unpaired) electrons. The Morgan fingerprint density at radius 3 is 2.35 bits per heavy atom. The Hall–Kier alpha value is -0.840. The summed E-state index contributed by atoms with van der Waals surface area (Å²) >= 11 is 0. The van der Waals surface area contributed by atoms with E-state index in [1.807, 2.05) is 13.8 Å². The van der Waals surface area contributed by atoms with Gasteiger partial charge in [-0.25, -0.2) is 8.42 Å². The molecule has 0 aromatic heterocycles. The monoisotopic (exact) mass is 259 g/mol. The number of amides is 1. The predicted molar refractivity (Wildman–Crippen MR) is 68.5 cm³/mol. The Balaban J connectivity index is 2.72. The standard InChI is InChI=1S/C12H21NO3S/c1-4-8-17(15,16)9-12(14)13-10(2)6-5-7-11(13)3/h4,10-11H,1,5-9H2,2-3H3. The molecule has 0 bridgehead atoms. The van der Waals surface area contributed by atoms with Crippen LogP contribution in [0.1, 0.15) is 33.1 Å². The number of carbonyl (C=O) groups excluding carboxylic acids is 1. The molecule has 1 fully saturated rings. The van der Waals surface area contributed by atoms with Gasteiger partial charge in [0, 0.05) is 12.1 Å². The first-order chi connectivity index (χ1) is 7.87. The van der Waals surface area contributed by atoms with E-state index in [0.29, 0.717) is 0 Å². The van der Waals surface area contributed by atoms with Crippen LogP contribution in [0.15, 0.2) is 12.7 Å². The van der Waals surface area contributed by atoms with Crippen LogP contribution in [-0.4, -0.2) is 42.8 Å². The second-order valence-corrected chi connectivity index (χ2v) is 6.88. The number of rotatable bonds is 4. The summed E-state index contributed by atoms with van der Waals surface area (Å²) in [5.41, 5.74) is 0. The van der Waals surface area contributed by atoms with Gasteiger partial charge in [-0.15, -0.1) is 6.58 Å². The zero-order valence-electron chi connectivity index (χ0n) is 10.6. The average molecular weight is 259 g/mol. The van der Waals surface area contributed by atoms with Crippen molar-refractivity contribution in [2.45, 2.75) is 45.2 Å². The number of nitrogens with zero attached hydrogens (tertiary/aromatic N) is 1. The summed E-state index contributed by atoms with van der Waals surface area (Å²) in [7, 11) is -3.34. The van der Waals surface area contributed by atoms with E-state index in [1.165, 1.54) is 6.08 Å². The Morgan fingerprint density at radius 2 is 1.88 bits per heavy atom. The molecule has 98 valence electrons. The molecule has 5 heteroatoms. The molecule has 1 saturated heterocycles. The lowest BCUT2D eigenvalue weighted by Gasteiger charge is -2.39. The van der Waals surface area contributed by atoms with Gasteiger partial charge in [0.15, 0.2) is 9.84 Å². The molecule has 1 rings (SSSR count). The Labute approximate surface area is 104 Å². The molecular weight excluding hydrogens is 238 g/mol. The van der Waals surface area contributed by atoms with Crippen LogP contribution < -0.4 is 0 Å². The molecule has 2 unspecified atom stereocenters. The molecule has 4 nitrogen and oxygen atoms in total. The zero-order valence-corrected chi connectivity index (χ0v) is 11.4. The first-order valence-corrected chi connectivity index (χ1v) is 7.82. The molecular formula is C12H21NO3S. The lowest BCUT2D eigenvalue weighted by Crippen LogP contribution is -2.49. The van der Waals surface area contributed by atoms with Crippen LogP contribution in [0, 0.1) is 0 Å². The van der Waals surface area contributed by atoms with Crippen LogP contribution in [0.4, 0.5) is 0 Å². The summed E-state index contributed by atoms with van der Waals surface area (Å²) < 4.78 is 23.2. The second kappa shape index (κ2) is 5.67. The number of carbonyl (C=O) groups is 1. The van der Waals surface area contributed by atoms with E-state index in [9.17, 15) is 13.2 Å². The van der Waals surface area contributed by atoms with Crippen molar-refractivity contribution in [1.82, 2.24) is 4.90 Å². The van der Waals surface area contributed by atoms with Gasteiger partial charge >= 0.3 is 0 Å². The molecule has 17 heavy (non-hydrogen) atoms. The minimum atomic E-state index is -3.34. The Kier molecular flexibility index (Phi) is 4.74. The summed E-state index contributed by atoms with van der Waals surface area (Å²) in [6.07, 6.45) is 4.34. The van der Waals surface area contributed by atoms with E-state index in [0.717, 1.165) is 19.3 Å². The summed E-state index contributed by atoms with van der Waals surface area (Å²) in [4.78, 5) is 13.7. The SMILES string of the molecule is C=CCS(=O)(=O)CC(=O)N1C(C)CCCC1C. The van der Waals surface area contributed by atoms with Gasteiger partial charge in [-0.05, 0) is 33.1 Å². The number of likely N-dealkylation sites (tertiary alicyclic amines) is 1. The van der Waals surface area contributed by atoms with Gasteiger partial charge in [-0.2, -0.15) is 0 Å². The fourth-order valence-corrected chi connectivity index (χ4v) is 3.42. The van der Waals surface area contributed by atoms with Crippen molar-refractivity contribution in [3.05, 3.63) is 12.7 Å². The van der Waals surface area contributed by atoms with Gasteiger partial charge in [0.05, 0.1) is 5.75 Å². The van der Waals surface area contributed by atoms with Crippen LogP contribution in [0.3, 0.4) is 0 Å². The third-order valence-corrected chi connectivity index (χ3v) is 4.63. The largest absolute Gasteiger partial charge is 0.336 e. The van der Waals surface area contributed by atoms with Crippen molar-refractivity contribution < 1.29 is 13.2 Å².